The van der Waals surface area contributed by atoms with Crippen molar-refractivity contribution in [2.75, 3.05) is 23.8 Å². The molecule has 1 aromatic heterocycles. The van der Waals surface area contributed by atoms with Gasteiger partial charge in [0.25, 0.3) is 5.91 Å². The van der Waals surface area contributed by atoms with E-state index in [1.165, 1.54) is 0 Å². The van der Waals surface area contributed by atoms with Gasteiger partial charge in [-0.25, -0.2) is 4.98 Å². The highest BCUT2D eigenvalue weighted by Gasteiger charge is 2.20. The van der Waals surface area contributed by atoms with Crippen molar-refractivity contribution in [3.63, 3.8) is 0 Å². The number of amides is 1. The van der Waals surface area contributed by atoms with E-state index in [4.69, 9.17) is 0 Å². The van der Waals surface area contributed by atoms with Crippen molar-refractivity contribution in [2.45, 2.75) is 13.8 Å². The summed E-state index contributed by atoms with van der Waals surface area (Å²) in [5.74, 6) is 0.510. The van der Waals surface area contributed by atoms with E-state index >= 15 is 0 Å². The highest BCUT2D eigenvalue weighted by Crippen LogP contribution is 2.23. The molecular weight excluding hydrogens is 330 g/mol. The standard InChI is InChI=1S/C16H18BrN3O/c1-4-20(13-7-5-6-11(2)8-13)16(21)14-9-12(17)10-19-15(14)18-3/h5-10H,4H2,1-3H3,(H,18,19). The fourth-order valence-corrected chi connectivity index (χ4v) is 2.52. The Bertz CT molecular complexity index is 658. The minimum Gasteiger partial charge on any atom is -0.372 e. The molecule has 2 aromatic rings. The number of carbonyl (C=O) groups is 1. The molecular formula is C16H18BrN3O. The lowest BCUT2D eigenvalue weighted by atomic mass is 10.1. The molecule has 2 rings (SSSR count). The number of halogens is 1. The van der Waals surface area contributed by atoms with Gasteiger partial charge >= 0.3 is 0 Å². The fraction of sp³-hybridized carbons (Fsp3) is 0.250. The van der Waals surface area contributed by atoms with E-state index < -0.39 is 0 Å². The molecule has 0 aliphatic rings. The van der Waals surface area contributed by atoms with Gasteiger partial charge in [-0.1, -0.05) is 12.1 Å². The third-order valence-corrected chi connectivity index (χ3v) is 3.63. The quantitative estimate of drug-likeness (QED) is 0.913. The third kappa shape index (κ3) is 3.42. The molecule has 1 aromatic carbocycles. The minimum atomic E-state index is -0.0683. The van der Waals surface area contributed by atoms with Gasteiger partial charge < -0.3 is 10.2 Å². The van der Waals surface area contributed by atoms with Crippen molar-refractivity contribution in [3.05, 3.63) is 52.1 Å². The van der Waals surface area contributed by atoms with Gasteiger partial charge in [0.15, 0.2) is 0 Å². The Morgan fingerprint density at radius 2 is 2.14 bits per heavy atom. The Morgan fingerprint density at radius 3 is 2.76 bits per heavy atom. The lowest BCUT2D eigenvalue weighted by Crippen LogP contribution is -2.31. The maximum absolute atomic E-state index is 12.8. The van der Waals surface area contributed by atoms with Crippen LogP contribution in [-0.4, -0.2) is 24.5 Å². The van der Waals surface area contributed by atoms with Crippen molar-refractivity contribution >= 4 is 33.3 Å². The van der Waals surface area contributed by atoms with Crippen molar-refractivity contribution < 1.29 is 4.79 Å². The van der Waals surface area contributed by atoms with Crippen LogP contribution in [-0.2, 0) is 0 Å². The SMILES string of the molecule is CCN(C(=O)c1cc(Br)cnc1NC)c1cccc(C)c1. The molecule has 0 fully saturated rings. The molecule has 1 heterocycles. The Hall–Kier alpha value is -1.88. The second-order valence-corrected chi connectivity index (χ2v) is 5.60. The van der Waals surface area contributed by atoms with Crippen LogP contribution >= 0.6 is 15.9 Å². The van der Waals surface area contributed by atoms with Gasteiger partial charge in [0, 0.05) is 29.9 Å². The van der Waals surface area contributed by atoms with Gasteiger partial charge in [-0.2, -0.15) is 0 Å². The Kier molecular flexibility index (Phi) is 4.96. The number of hydrogen-bond acceptors (Lipinski definition) is 3. The summed E-state index contributed by atoms with van der Waals surface area (Å²) in [5.41, 5.74) is 2.57. The number of nitrogens with one attached hydrogen (secondary N) is 1. The zero-order valence-electron chi connectivity index (χ0n) is 12.4. The second-order valence-electron chi connectivity index (χ2n) is 4.69. The molecule has 0 saturated heterocycles. The molecule has 21 heavy (non-hydrogen) atoms. The summed E-state index contributed by atoms with van der Waals surface area (Å²) in [6.45, 7) is 4.57. The van der Waals surface area contributed by atoms with E-state index in [1.807, 2.05) is 38.1 Å². The van der Waals surface area contributed by atoms with E-state index in [9.17, 15) is 4.79 Å². The number of aryl methyl sites for hydroxylation is 1. The summed E-state index contributed by atoms with van der Waals surface area (Å²) < 4.78 is 0.783. The first-order chi connectivity index (χ1) is 10.1. The lowest BCUT2D eigenvalue weighted by Gasteiger charge is -2.22. The summed E-state index contributed by atoms with van der Waals surface area (Å²) in [6, 6.07) is 9.71. The number of hydrogen-bond donors (Lipinski definition) is 1. The smallest absolute Gasteiger partial charge is 0.262 e. The van der Waals surface area contributed by atoms with Crippen LogP contribution in [0.25, 0.3) is 0 Å². The first-order valence-corrected chi connectivity index (χ1v) is 7.58. The number of benzene rings is 1. The van der Waals surface area contributed by atoms with Crippen LogP contribution in [0.4, 0.5) is 11.5 Å². The largest absolute Gasteiger partial charge is 0.372 e. The Labute approximate surface area is 133 Å². The summed E-state index contributed by atoms with van der Waals surface area (Å²) >= 11 is 3.37. The van der Waals surface area contributed by atoms with Crippen molar-refractivity contribution in [3.8, 4) is 0 Å². The lowest BCUT2D eigenvalue weighted by molar-refractivity contribution is 0.0988. The van der Waals surface area contributed by atoms with Crippen molar-refractivity contribution in [2.24, 2.45) is 0 Å². The molecule has 110 valence electrons. The minimum absolute atomic E-state index is 0.0683. The van der Waals surface area contributed by atoms with Gasteiger partial charge in [-0.15, -0.1) is 0 Å². The van der Waals surface area contributed by atoms with Crippen LogP contribution in [0.1, 0.15) is 22.8 Å². The van der Waals surface area contributed by atoms with Crippen molar-refractivity contribution in [1.29, 1.82) is 0 Å². The zero-order valence-corrected chi connectivity index (χ0v) is 13.9. The predicted octanol–water partition coefficient (Wildman–Crippen LogP) is 3.86. The maximum atomic E-state index is 12.8. The zero-order chi connectivity index (χ0) is 15.4. The molecule has 0 bridgehead atoms. The fourth-order valence-electron chi connectivity index (χ4n) is 2.19. The molecule has 1 amide bonds. The summed E-state index contributed by atoms with van der Waals surface area (Å²) in [7, 11) is 1.76. The number of anilines is 2. The third-order valence-electron chi connectivity index (χ3n) is 3.20. The number of rotatable bonds is 4. The Balaban J connectivity index is 2.43. The molecule has 0 aliphatic carbocycles. The number of carbonyl (C=O) groups excluding carboxylic acids is 1. The van der Waals surface area contributed by atoms with Crippen LogP contribution in [0, 0.1) is 6.92 Å². The van der Waals surface area contributed by atoms with Crippen LogP contribution in [0.5, 0.6) is 0 Å². The second kappa shape index (κ2) is 6.72. The first kappa shape index (κ1) is 15.5. The number of pyridine rings is 1. The van der Waals surface area contributed by atoms with Crippen LogP contribution in [0.15, 0.2) is 41.0 Å². The van der Waals surface area contributed by atoms with Crippen LogP contribution in [0.2, 0.25) is 0 Å². The Morgan fingerprint density at radius 1 is 1.38 bits per heavy atom. The van der Waals surface area contributed by atoms with E-state index in [1.54, 1.807) is 24.2 Å². The van der Waals surface area contributed by atoms with E-state index in [2.05, 4.69) is 26.2 Å². The topological polar surface area (TPSA) is 45.2 Å². The number of nitrogens with zero attached hydrogens (tertiary/aromatic N) is 2. The maximum Gasteiger partial charge on any atom is 0.262 e. The molecule has 1 N–H and O–H groups in total. The number of aromatic nitrogens is 1. The highest BCUT2D eigenvalue weighted by molar-refractivity contribution is 9.10. The summed E-state index contributed by atoms with van der Waals surface area (Å²) in [6.07, 6.45) is 1.67. The summed E-state index contributed by atoms with van der Waals surface area (Å²) in [5, 5.41) is 2.97. The van der Waals surface area contributed by atoms with Gasteiger partial charge in [-0.05, 0) is 53.5 Å². The summed E-state index contributed by atoms with van der Waals surface area (Å²) in [4.78, 5) is 18.8. The molecule has 5 heteroatoms. The van der Waals surface area contributed by atoms with Crippen LogP contribution < -0.4 is 10.2 Å². The first-order valence-electron chi connectivity index (χ1n) is 6.78. The van der Waals surface area contributed by atoms with Gasteiger partial charge in [0.05, 0.1) is 5.56 Å². The average molecular weight is 348 g/mol. The highest BCUT2D eigenvalue weighted by atomic mass is 79.9. The molecule has 0 radical (unpaired) electrons. The van der Waals surface area contributed by atoms with Crippen molar-refractivity contribution in [1.82, 2.24) is 4.98 Å². The van der Waals surface area contributed by atoms with Gasteiger partial charge in [0.1, 0.15) is 5.82 Å². The normalized spacial score (nSPS) is 10.3. The molecule has 0 aliphatic heterocycles. The van der Waals surface area contributed by atoms with E-state index in [-0.39, 0.29) is 5.91 Å². The van der Waals surface area contributed by atoms with E-state index in [0.29, 0.717) is 17.9 Å². The van der Waals surface area contributed by atoms with E-state index in [0.717, 1.165) is 15.7 Å². The van der Waals surface area contributed by atoms with Gasteiger partial charge in [-0.3, -0.25) is 4.79 Å². The monoisotopic (exact) mass is 347 g/mol. The predicted molar refractivity (Wildman–Crippen MR) is 90.0 cm³/mol. The average Bonchev–Trinajstić information content (AvgIpc) is 2.48. The molecule has 0 unspecified atom stereocenters. The molecule has 0 spiro atoms. The molecule has 0 saturated carbocycles. The van der Waals surface area contributed by atoms with Gasteiger partial charge in [0.2, 0.25) is 0 Å². The van der Waals surface area contributed by atoms with Crippen LogP contribution in [0.3, 0.4) is 0 Å². The molecule has 0 atom stereocenters. The molecule has 4 nitrogen and oxygen atoms in total.